The van der Waals surface area contributed by atoms with E-state index in [4.69, 9.17) is 4.74 Å². The SMILES string of the molecule is CN(C)C(=O)COc1cccc(CNC2C3CC4CC(C3)CC2C4)c1. The molecule has 0 unspecified atom stereocenters. The molecule has 4 fully saturated rings. The van der Waals surface area contributed by atoms with Gasteiger partial charge in [0.1, 0.15) is 5.75 Å². The normalized spacial score (nSPS) is 32.6. The molecule has 0 radical (unpaired) electrons. The lowest BCUT2D eigenvalue weighted by Crippen LogP contribution is -2.54. The van der Waals surface area contributed by atoms with E-state index < -0.39 is 0 Å². The molecule has 0 saturated heterocycles. The first-order valence-electron chi connectivity index (χ1n) is 9.73. The van der Waals surface area contributed by atoms with Crippen LogP contribution in [0.1, 0.15) is 37.7 Å². The topological polar surface area (TPSA) is 41.6 Å². The Labute approximate surface area is 150 Å². The molecule has 1 N–H and O–H groups in total. The van der Waals surface area contributed by atoms with Gasteiger partial charge in [0.2, 0.25) is 0 Å². The zero-order valence-electron chi connectivity index (χ0n) is 15.4. The second-order valence-corrected chi connectivity index (χ2v) is 8.56. The number of likely N-dealkylation sites (N-methyl/N-ethyl adjacent to an activating group) is 1. The van der Waals surface area contributed by atoms with Gasteiger partial charge in [-0.05, 0) is 73.5 Å². The Kier molecular flexibility index (Phi) is 4.72. The molecule has 0 aromatic heterocycles. The van der Waals surface area contributed by atoms with Gasteiger partial charge >= 0.3 is 0 Å². The van der Waals surface area contributed by atoms with Gasteiger partial charge in [0.05, 0.1) is 0 Å². The molecule has 0 atom stereocenters. The fourth-order valence-corrected chi connectivity index (χ4v) is 5.51. The number of amides is 1. The molecule has 25 heavy (non-hydrogen) atoms. The summed E-state index contributed by atoms with van der Waals surface area (Å²) in [4.78, 5) is 13.2. The number of rotatable bonds is 6. The fraction of sp³-hybridized carbons (Fsp3) is 0.667. The zero-order valence-corrected chi connectivity index (χ0v) is 15.4. The highest BCUT2D eigenvalue weighted by Crippen LogP contribution is 2.53. The summed E-state index contributed by atoms with van der Waals surface area (Å²) in [6.45, 7) is 0.991. The number of nitrogens with one attached hydrogen (secondary N) is 1. The number of nitrogens with zero attached hydrogens (tertiary/aromatic N) is 1. The zero-order chi connectivity index (χ0) is 17.4. The lowest BCUT2D eigenvalue weighted by Gasteiger charge is -2.54. The van der Waals surface area contributed by atoms with Crippen molar-refractivity contribution in [3.05, 3.63) is 29.8 Å². The van der Waals surface area contributed by atoms with Crippen molar-refractivity contribution in [2.75, 3.05) is 20.7 Å². The van der Waals surface area contributed by atoms with Crippen LogP contribution in [-0.4, -0.2) is 37.6 Å². The van der Waals surface area contributed by atoms with Crippen LogP contribution in [0.15, 0.2) is 24.3 Å². The van der Waals surface area contributed by atoms with Crippen LogP contribution in [0, 0.1) is 23.7 Å². The summed E-state index contributed by atoms with van der Waals surface area (Å²) in [7, 11) is 3.49. The molecule has 0 heterocycles. The molecule has 1 aromatic rings. The van der Waals surface area contributed by atoms with Crippen molar-refractivity contribution in [3.8, 4) is 5.75 Å². The molecule has 4 nitrogen and oxygen atoms in total. The Balaban J connectivity index is 1.32. The van der Waals surface area contributed by atoms with Crippen LogP contribution in [0.2, 0.25) is 0 Å². The number of hydrogen-bond acceptors (Lipinski definition) is 3. The van der Waals surface area contributed by atoms with Crippen molar-refractivity contribution in [1.82, 2.24) is 10.2 Å². The van der Waals surface area contributed by atoms with Crippen LogP contribution in [0.5, 0.6) is 5.75 Å². The molecule has 136 valence electrons. The molecule has 4 aliphatic rings. The smallest absolute Gasteiger partial charge is 0.259 e. The van der Waals surface area contributed by atoms with Gasteiger partial charge < -0.3 is 15.0 Å². The van der Waals surface area contributed by atoms with Crippen molar-refractivity contribution < 1.29 is 9.53 Å². The molecule has 1 amide bonds. The van der Waals surface area contributed by atoms with E-state index in [9.17, 15) is 4.79 Å². The summed E-state index contributed by atoms with van der Waals surface area (Å²) in [5, 5.41) is 3.86. The molecule has 0 aliphatic heterocycles. The maximum atomic E-state index is 11.7. The van der Waals surface area contributed by atoms with Gasteiger partial charge in [-0.1, -0.05) is 12.1 Å². The number of ether oxygens (including phenoxy) is 1. The van der Waals surface area contributed by atoms with E-state index in [0.717, 1.165) is 36.0 Å². The highest BCUT2D eigenvalue weighted by atomic mass is 16.5. The van der Waals surface area contributed by atoms with E-state index in [0.29, 0.717) is 6.04 Å². The highest BCUT2D eigenvalue weighted by molar-refractivity contribution is 5.77. The van der Waals surface area contributed by atoms with Gasteiger partial charge in [-0.2, -0.15) is 0 Å². The average molecular weight is 342 g/mol. The summed E-state index contributed by atoms with van der Waals surface area (Å²) in [5.74, 6) is 4.59. The third-order valence-electron chi connectivity index (χ3n) is 6.53. The third kappa shape index (κ3) is 3.69. The van der Waals surface area contributed by atoms with E-state index >= 15 is 0 Å². The van der Waals surface area contributed by atoms with Crippen LogP contribution in [-0.2, 0) is 11.3 Å². The summed E-state index contributed by atoms with van der Waals surface area (Å²) in [6.07, 6.45) is 7.28. The van der Waals surface area contributed by atoms with E-state index in [1.165, 1.54) is 37.7 Å². The predicted octanol–water partition coefficient (Wildman–Crippen LogP) is 3.07. The first kappa shape index (κ1) is 16.9. The van der Waals surface area contributed by atoms with Crippen molar-refractivity contribution >= 4 is 5.91 Å². The third-order valence-corrected chi connectivity index (χ3v) is 6.53. The summed E-state index contributed by atoms with van der Waals surface area (Å²) in [6, 6.07) is 8.85. The van der Waals surface area contributed by atoms with Gasteiger partial charge in [-0.15, -0.1) is 0 Å². The molecule has 4 aliphatic carbocycles. The predicted molar refractivity (Wildman–Crippen MR) is 98.3 cm³/mol. The highest BCUT2D eigenvalue weighted by Gasteiger charge is 2.47. The lowest BCUT2D eigenvalue weighted by molar-refractivity contribution is -0.130. The van der Waals surface area contributed by atoms with E-state index in [1.807, 2.05) is 12.1 Å². The maximum absolute atomic E-state index is 11.7. The van der Waals surface area contributed by atoms with Gasteiger partial charge in [0, 0.05) is 26.7 Å². The van der Waals surface area contributed by atoms with Gasteiger partial charge in [-0.25, -0.2) is 0 Å². The van der Waals surface area contributed by atoms with E-state index in [2.05, 4.69) is 17.4 Å². The average Bonchev–Trinajstić information content (AvgIpc) is 2.58. The van der Waals surface area contributed by atoms with Gasteiger partial charge in [0.25, 0.3) is 5.91 Å². The van der Waals surface area contributed by atoms with Crippen LogP contribution < -0.4 is 10.1 Å². The summed E-state index contributed by atoms with van der Waals surface area (Å²) >= 11 is 0. The second kappa shape index (κ2) is 6.99. The van der Waals surface area contributed by atoms with Crippen LogP contribution >= 0.6 is 0 Å². The van der Waals surface area contributed by atoms with E-state index in [1.54, 1.807) is 19.0 Å². The summed E-state index contributed by atoms with van der Waals surface area (Å²) < 4.78 is 5.64. The minimum absolute atomic E-state index is 0.0166. The monoisotopic (exact) mass is 342 g/mol. The number of carbonyl (C=O) groups is 1. The first-order valence-corrected chi connectivity index (χ1v) is 9.73. The van der Waals surface area contributed by atoms with Crippen LogP contribution in [0.25, 0.3) is 0 Å². The Bertz CT molecular complexity index is 600. The Morgan fingerprint density at radius 2 is 1.80 bits per heavy atom. The molecule has 1 aromatic carbocycles. The Hall–Kier alpha value is -1.55. The Morgan fingerprint density at radius 1 is 1.12 bits per heavy atom. The maximum Gasteiger partial charge on any atom is 0.259 e. The molecular weight excluding hydrogens is 312 g/mol. The number of benzene rings is 1. The minimum atomic E-state index is -0.0166. The lowest BCUT2D eigenvalue weighted by atomic mass is 9.54. The summed E-state index contributed by atoms with van der Waals surface area (Å²) in [5.41, 5.74) is 1.24. The standard InChI is InChI=1S/C21H30N2O2/c1-23(2)20(24)13-25-19-5-3-4-14(11-19)12-22-21-17-7-15-6-16(9-17)10-18(21)8-15/h3-5,11,15-18,21-22H,6-10,12-13H2,1-2H3. The molecule has 4 bridgehead atoms. The number of carbonyl (C=O) groups excluding carboxylic acids is 1. The quantitative estimate of drug-likeness (QED) is 0.864. The van der Waals surface area contributed by atoms with Gasteiger partial charge in [-0.3, -0.25) is 4.79 Å². The Morgan fingerprint density at radius 3 is 2.44 bits per heavy atom. The first-order chi connectivity index (χ1) is 12.1. The van der Waals surface area contributed by atoms with E-state index in [-0.39, 0.29) is 12.5 Å². The van der Waals surface area contributed by atoms with Gasteiger partial charge in [0.15, 0.2) is 6.61 Å². The molecule has 0 spiro atoms. The van der Waals surface area contributed by atoms with Crippen LogP contribution in [0.4, 0.5) is 0 Å². The molecule has 4 heteroatoms. The molecular formula is C21H30N2O2. The van der Waals surface area contributed by atoms with Crippen molar-refractivity contribution in [3.63, 3.8) is 0 Å². The fourth-order valence-electron chi connectivity index (χ4n) is 5.51. The number of hydrogen-bond donors (Lipinski definition) is 1. The van der Waals surface area contributed by atoms with Crippen molar-refractivity contribution in [2.24, 2.45) is 23.7 Å². The molecule has 5 rings (SSSR count). The van der Waals surface area contributed by atoms with Crippen molar-refractivity contribution in [1.29, 1.82) is 0 Å². The minimum Gasteiger partial charge on any atom is -0.484 e. The van der Waals surface area contributed by atoms with Crippen molar-refractivity contribution in [2.45, 2.75) is 44.7 Å². The molecule has 4 saturated carbocycles. The second-order valence-electron chi connectivity index (χ2n) is 8.56. The van der Waals surface area contributed by atoms with Crippen LogP contribution in [0.3, 0.4) is 0 Å². The largest absolute Gasteiger partial charge is 0.484 e.